The highest BCUT2D eigenvalue weighted by atomic mass is 16.4. The summed E-state index contributed by atoms with van der Waals surface area (Å²) < 4.78 is 0. The number of nitrogens with one attached hydrogen (secondary N) is 1. The lowest BCUT2D eigenvalue weighted by Gasteiger charge is -1.93. The quantitative estimate of drug-likeness (QED) is 0.322. The minimum absolute atomic E-state index is 0.0185. The zero-order valence-corrected chi connectivity index (χ0v) is 7.77. The van der Waals surface area contributed by atoms with E-state index in [4.69, 9.17) is 15.6 Å². The van der Waals surface area contributed by atoms with Gasteiger partial charge in [0, 0.05) is 13.0 Å². The van der Waals surface area contributed by atoms with E-state index in [2.05, 4.69) is 5.16 Å². The molecule has 13 heavy (non-hydrogen) atoms. The number of oxime groups is 1. The Kier molecular flexibility index (Phi) is 8.84. The lowest BCUT2D eigenvalue weighted by Crippen LogP contribution is -2.13. The van der Waals surface area contributed by atoms with E-state index in [1.165, 1.54) is 7.05 Å². The summed E-state index contributed by atoms with van der Waals surface area (Å²) in [6, 6.07) is 1.75. The molecule has 0 heterocycles. The van der Waals surface area contributed by atoms with Crippen molar-refractivity contribution >= 4 is 11.8 Å². The predicted molar refractivity (Wildman–Crippen MR) is 46.8 cm³/mol. The molecule has 0 aliphatic carbocycles. The molecule has 3 N–H and O–H groups in total. The summed E-state index contributed by atoms with van der Waals surface area (Å²) in [6.07, 6.45) is -0.995. The Balaban J connectivity index is 0. The highest BCUT2D eigenvalue weighted by molar-refractivity contribution is 5.99. The molecule has 0 aromatic rings. The molecule has 0 spiro atoms. The highest BCUT2D eigenvalue weighted by Gasteiger charge is 2.01. The molecule has 0 rings (SSSR count). The molecule has 6 nitrogen and oxygen atoms in total. The maximum absolute atomic E-state index is 9.26. The van der Waals surface area contributed by atoms with Gasteiger partial charge in [0.15, 0.2) is 5.71 Å². The van der Waals surface area contributed by atoms with Crippen LogP contribution in [0.15, 0.2) is 5.16 Å². The van der Waals surface area contributed by atoms with Gasteiger partial charge < -0.3 is 15.6 Å². The molecule has 0 saturated heterocycles. The van der Waals surface area contributed by atoms with Crippen molar-refractivity contribution < 1.29 is 15.1 Å². The van der Waals surface area contributed by atoms with Gasteiger partial charge in [-0.25, -0.2) is 4.79 Å². The first-order valence-corrected chi connectivity index (χ1v) is 3.52. The van der Waals surface area contributed by atoms with E-state index in [1.54, 1.807) is 19.9 Å². The Bertz CT molecular complexity index is 218. The summed E-state index contributed by atoms with van der Waals surface area (Å²) in [5, 5.41) is 28.5. The Hall–Kier alpha value is -1.77. The average molecular weight is 187 g/mol. The van der Waals surface area contributed by atoms with Gasteiger partial charge in [0.1, 0.15) is 6.07 Å². The molecule has 0 aromatic carbocycles. The molecule has 74 valence electrons. The first-order valence-electron chi connectivity index (χ1n) is 3.52. The summed E-state index contributed by atoms with van der Waals surface area (Å²) in [5.41, 5.74) is 0.171. The van der Waals surface area contributed by atoms with Crippen molar-refractivity contribution in [3.05, 3.63) is 0 Å². The van der Waals surface area contributed by atoms with Crippen LogP contribution < -0.4 is 5.32 Å². The van der Waals surface area contributed by atoms with Crippen molar-refractivity contribution in [2.45, 2.75) is 13.8 Å². The lowest BCUT2D eigenvalue weighted by molar-refractivity contribution is 0.197. The third-order valence-corrected chi connectivity index (χ3v) is 0.983. The van der Waals surface area contributed by atoms with E-state index in [0.717, 1.165) is 0 Å². The largest absolute Gasteiger partial charge is 0.465 e. The minimum Gasteiger partial charge on any atom is -0.465 e. The van der Waals surface area contributed by atoms with Gasteiger partial charge >= 0.3 is 6.09 Å². The van der Waals surface area contributed by atoms with Gasteiger partial charge in [0.05, 0.1) is 0 Å². The number of carboxylic acid groups (broad SMARTS) is 1. The van der Waals surface area contributed by atoms with E-state index < -0.39 is 6.09 Å². The van der Waals surface area contributed by atoms with Crippen LogP contribution in [0, 0.1) is 17.2 Å². The van der Waals surface area contributed by atoms with E-state index in [1.807, 2.05) is 5.32 Å². The van der Waals surface area contributed by atoms with Crippen molar-refractivity contribution in [3.8, 4) is 6.07 Å². The fraction of sp³-hybridized carbons (Fsp3) is 0.571. The standard InChI is InChI=1S/C5H8N2O.C2H5NO2/c1-4(2)5(3-6)7-8;1-3-2(4)5/h4,8H,1-2H3;3H,1H3,(H,4,5)/b7-5+;. The van der Waals surface area contributed by atoms with Crippen LogP contribution in [-0.4, -0.2) is 29.2 Å². The summed E-state index contributed by atoms with van der Waals surface area (Å²) in [4.78, 5) is 9.26. The number of amides is 1. The molecule has 1 amide bonds. The maximum atomic E-state index is 9.26. The van der Waals surface area contributed by atoms with Crippen LogP contribution >= 0.6 is 0 Å². The van der Waals surface area contributed by atoms with E-state index in [-0.39, 0.29) is 11.6 Å². The summed E-state index contributed by atoms with van der Waals surface area (Å²) >= 11 is 0. The number of rotatable bonds is 1. The van der Waals surface area contributed by atoms with E-state index in [0.29, 0.717) is 0 Å². The lowest BCUT2D eigenvalue weighted by atomic mass is 10.1. The second kappa shape index (κ2) is 8.33. The number of hydrogen-bond acceptors (Lipinski definition) is 4. The predicted octanol–water partition coefficient (Wildman–Crippen LogP) is 0.880. The molecule has 0 aliphatic rings. The smallest absolute Gasteiger partial charge is 0.404 e. The van der Waals surface area contributed by atoms with Gasteiger partial charge in [-0.3, -0.25) is 0 Å². The Morgan fingerprint density at radius 1 is 1.62 bits per heavy atom. The summed E-state index contributed by atoms with van der Waals surface area (Å²) in [5.74, 6) is 0.0185. The minimum atomic E-state index is -0.995. The summed E-state index contributed by atoms with van der Waals surface area (Å²) in [6.45, 7) is 3.58. The van der Waals surface area contributed by atoms with Crippen molar-refractivity contribution in [1.29, 1.82) is 5.26 Å². The van der Waals surface area contributed by atoms with E-state index >= 15 is 0 Å². The maximum Gasteiger partial charge on any atom is 0.404 e. The SMILES string of the molecule is CC(C)/C(C#N)=N/O.CNC(=O)O. The molecule has 0 unspecified atom stereocenters. The molecule has 0 radical (unpaired) electrons. The van der Waals surface area contributed by atoms with Gasteiger partial charge in [-0.1, -0.05) is 19.0 Å². The van der Waals surface area contributed by atoms with Crippen molar-refractivity contribution in [2.75, 3.05) is 7.05 Å². The first kappa shape index (κ1) is 13.8. The molecule has 0 bridgehead atoms. The third kappa shape index (κ3) is 10.2. The van der Waals surface area contributed by atoms with Crippen LogP contribution in [0.5, 0.6) is 0 Å². The van der Waals surface area contributed by atoms with Crippen molar-refractivity contribution in [2.24, 2.45) is 11.1 Å². The zero-order chi connectivity index (χ0) is 10.9. The van der Waals surface area contributed by atoms with Crippen LogP contribution in [0.3, 0.4) is 0 Å². The van der Waals surface area contributed by atoms with Gasteiger partial charge in [0.25, 0.3) is 0 Å². The van der Waals surface area contributed by atoms with Crippen LogP contribution in [-0.2, 0) is 0 Å². The van der Waals surface area contributed by atoms with Crippen molar-refractivity contribution in [3.63, 3.8) is 0 Å². The molecule has 0 aromatic heterocycles. The van der Waals surface area contributed by atoms with E-state index in [9.17, 15) is 4.79 Å². The topological polar surface area (TPSA) is 106 Å². The van der Waals surface area contributed by atoms with Crippen molar-refractivity contribution in [1.82, 2.24) is 5.32 Å². The average Bonchev–Trinajstić information content (AvgIpc) is 2.07. The molecule has 0 aliphatic heterocycles. The fourth-order valence-corrected chi connectivity index (χ4v) is 0.267. The third-order valence-electron chi connectivity index (χ3n) is 0.983. The van der Waals surface area contributed by atoms with Crippen LogP contribution in [0.1, 0.15) is 13.8 Å². The second-order valence-electron chi connectivity index (χ2n) is 2.31. The normalized spacial score (nSPS) is 9.62. The van der Waals surface area contributed by atoms with Crippen LogP contribution in [0.4, 0.5) is 4.79 Å². The zero-order valence-electron chi connectivity index (χ0n) is 7.77. The molecule has 0 atom stereocenters. The second-order valence-corrected chi connectivity index (χ2v) is 2.31. The molecule has 0 saturated carbocycles. The number of hydrogen-bond donors (Lipinski definition) is 3. The fourth-order valence-electron chi connectivity index (χ4n) is 0.267. The summed E-state index contributed by atoms with van der Waals surface area (Å²) in [7, 11) is 1.35. The first-order chi connectivity index (χ1) is 5.99. The number of nitriles is 1. The van der Waals surface area contributed by atoms with Gasteiger partial charge in [-0.2, -0.15) is 5.26 Å². The molecule has 6 heteroatoms. The Morgan fingerprint density at radius 3 is 2.00 bits per heavy atom. The van der Waals surface area contributed by atoms with Gasteiger partial charge in [-0.15, -0.1) is 0 Å². The van der Waals surface area contributed by atoms with Gasteiger partial charge in [-0.05, 0) is 0 Å². The Morgan fingerprint density at radius 2 is 2.00 bits per heavy atom. The van der Waals surface area contributed by atoms with Crippen LogP contribution in [0.2, 0.25) is 0 Å². The highest BCUT2D eigenvalue weighted by Crippen LogP contribution is 1.93. The molecular formula is C7H13N3O3. The molecular weight excluding hydrogens is 174 g/mol. The Labute approximate surface area is 76.5 Å². The number of carbonyl (C=O) groups is 1. The molecule has 0 fully saturated rings. The number of nitrogens with zero attached hydrogens (tertiary/aromatic N) is 2. The monoisotopic (exact) mass is 187 g/mol. The van der Waals surface area contributed by atoms with Crippen LogP contribution in [0.25, 0.3) is 0 Å². The van der Waals surface area contributed by atoms with Gasteiger partial charge in [0.2, 0.25) is 0 Å².